The minimum Gasteiger partial charge on any atom is -0.368 e. The lowest BCUT2D eigenvalue weighted by atomic mass is 10.1. The molecule has 0 aliphatic carbocycles. The van der Waals surface area contributed by atoms with E-state index in [0.29, 0.717) is 18.2 Å². The lowest BCUT2D eigenvalue weighted by Crippen LogP contribution is -2.46. The first-order chi connectivity index (χ1) is 17.7. The Morgan fingerprint density at radius 3 is 2.36 bits per heavy atom. The molecule has 0 saturated carbocycles. The fraction of sp³-hybridized carbons (Fsp3) is 0.467. The molecule has 6 nitrogen and oxygen atoms in total. The van der Waals surface area contributed by atoms with Gasteiger partial charge in [-0.1, -0.05) is 37.1 Å². The van der Waals surface area contributed by atoms with Gasteiger partial charge in [0.15, 0.2) is 0 Å². The minimum atomic E-state index is 0.00339. The third-order valence-corrected chi connectivity index (χ3v) is 7.82. The summed E-state index contributed by atoms with van der Waals surface area (Å²) in [5.41, 5.74) is 1.98. The van der Waals surface area contributed by atoms with Gasteiger partial charge in [-0.3, -0.25) is 4.79 Å². The topological polar surface area (TPSA) is 51.7 Å². The molecule has 0 unspecified atom stereocenters. The summed E-state index contributed by atoms with van der Waals surface area (Å²) in [5, 5.41) is 5.34. The quantitative estimate of drug-likeness (QED) is 0.513. The van der Waals surface area contributed by atoms with E-state index in [1.165, 1.54) is 44.5 Å². The zero-order valence-corrected chi connectivity index (χ0v) is 21.5. The first-order valence-electron chi connectivity index (χ1n) is 13.6. The van der Waals surface area contributed by atoms with Crippen LogP contribution in [0.25, 0.3) is 10.8 Å². The summed E-state index contributed by atoms with van der Waals surface area (Å²) >= 11 is 0. The Labute approximate surface area is 215 Å². The molecule has 3 heterocycles. The van der Waals surface area contributed by atoms with Crippen molar-refractivity contribution in [3.63, 3.8) is 0 Å². The number of amides is 1. The van der Waals surface area contributed by atoms with E-state index < -0.39 is 0 Å². The van der Waals surface area contributed by atoms with Gasteiger partial charge < -0.3 is 20.0 Å². The molecular formula is C30H39N5O. The second-order valence-electron chi connectivity index (χ2n) is 10.2. The zero-order chi connectivity index (χ0) is 24.7. The fourth-order valence-corrected chi connectivity index (χ4v) is 5.58. The van der Waals surface area contributed by atoms with E-state index in [2.05, 4.69) is 63.3 Å². The Morgan fingerprint density at radius 1 is 0.889 bits per heavy atom. The molecule has 2 aromatic carbocycles. The smallest absolute Gasteiger partial charge is 0.251 e. The average molecular weight is 486 g/mol. The summed E-state index contributed by atoms with van der Waals surface area (Å²) in [6.07, 6.45) is 8.16. The van der Waals surface area contributed by atoms with Crippen molar-refractivity contribution in [1.29, 1.82) is 0 Å². The first-order valence-corrected chi connectivity index (χ1v) is 13.6. The summed E-state index contributed by atoms with van der Waals surface area (Å²) in [7, 11) is 0. The number of rotatable bonds is 7. The van der Waals surface area contributed by atoms with Crippen molar-refractivity contribution in [2.75, 3.05) is 55.6 Å². The van der Waals surface area contributed by atoms with E-state index in [4.69, 9.17) is 4.98 Å². The molecule has 6 heteroatoms. The zero-order valence-electron chi connectivity index (χ0n) is 21.5. The lowest BCUT2D eigenvalue weighted by molar-refractivity contribution is 0.0948. The second-order valence-corrected chi connectivity index (χ2v) is 10.2. The Morgan fingerprint density at radius 2 is 1.61 bits per heavy atom. The van der Waals surface area contributed by atoms with Crippen LogP contribution in [0.15, 0.2) is 60.8 Å². The van der Waals surface area contributed by atoms with Gasteiger partial charge in [-0.15, -0.1) is 0 Å². The predicted molar refractivity (Wildman–Crippen MR) is 149 cm³/mol. The summed E-state index contributed by atoms with van der Waals surface area (Å²) in [6, 6.07) is 19.1. The highest BCUT2D eigenvalue weighted by Crippen LogP contribution is 2.27. The molecule has 2 fully saturated rings. The molecule has 0 spiro atoms. The van der Waals surface area contributed by atoms with Crippen LogP contribution in [0.4, 0.5) is 11.5 Å². The predicted octanol–water partition coefficient (Wildman–Crippen LogP) is 4.95. The molecule has 1 amide bonds. The number of nitrogens with zero attached hydrogens (tertiary/aromatic N) is 4. The summed E-state index contributed by atoms with van der Waals surface area (Å²) < 4.78 is 0. The van der Waals surface area contributed by atoms with Crippen LogP contribution >= 0.6 is 0 Å². The number of aromatic nitrogens is 1. The maximum Gasteiger partial charge on any atom is 0.251 e. The average Bonchev–Trinajstić information content (AvgIpc) is 3.23. The number of anilines is 2. The Kier molecular flexibility index (Phi) is 8.01. The van der Waals surface area contributed by atoms with Gasteiger partial charge in [-0.25, -0.2) is 4.98 Å². The van der Waals surface area contributed by atoms with Crippen LogP contribution < -0.4 is 15.1 Å². The number of pyridine rings is 1. The van der Waals surface area contributed by atoms with Crippen LogP contribution in [0.3, 0.4) is 0 Å². The molecule has 36 heavy (non-hydrogen) atoms. The Hall–Kier alpha value is -3.12. The molecular weight excluding hydrogens is 446 g/mol. The van der Waals surface area contributed by atoms with Crippen molar-refractivity contribution in [2.24, 2.45) is 0 Å². The maximum atomic E-state index is 13.0. The van der Waals surface area contributed by atoms with Gasteiger partial charge in [0.05, 0.1) is 0 Å². The van der Waals surface area contributed by atoms with Crippen LogP contribution in [0, 0.1) is 0 Å². The highest BCUT2D eigenvalue weighted by atomic mass is 16.1. The van der Waals surface area contributed by atoms with Crippen molar-refractivity contribution in [2.45, 2.75) is 45.1 Å². The van der Waals surface area contributed by atoms with Crippen LogP contribution in [0.5, 0.6) is 0 Å². The molecule has 2 saturated heterocycles. The molecule has 2 aliphatic rings. The molecule has 0 radical (unpaired) electrons. The summed E-state index contributed by atoms with van der Waals surface area (Å²) in [4.78, 5) is 25.1. The van der Waals surface area contributed by atoms with Crippen LogP contribution in [-0.4, -0.2) is 67.6 Å². The van der Waals surface area contributed by atoms with Gasteiger partial charge in [0.25, 0.3) is 5.91 Å². The number of hydrogen-bond donors (Lipinski definition) is 1. The van der Waals surface area contributed by atoms with E-state index in [-0.39, 0.29) is 5.91 Å². The number of nitrogens with one attached hydrogen (secondary N) is 1. The van der Waals surface area contributed by atoms with Gasteiger partial charge in [-0.05, 0) is 75.0 Å². The van der Waals surface area contributed by atoms with Crippen molar-refractivity contribution in [3.05, 3.63) is 66.4 Å². The number of piperazine rings is 1. The SMILES string of the molecule is C[C@@H](CCNC(=O)c1ccc2ccnc(N3CCN(c4ccccc4)CC3)c2c1)N1CCCCCC1. The van der Waals surface area contributed by atoms with E-state index in [9.17, 15) is 4.79 Å². The Bertz CT molecular complexity index is 1130. The lowest BCUT2D eigenvalue weighted by Gasteiger charge is -2.37. The third kappa shape index (κ3) is 5.81. The molecule has 1 N–H and O–H groups in total. The number of carbonyl (C=O) groups excluding carboxylic acids is 1. The van der Waals surface area contributed by atoms with Crippen molar-refractivity contribution in [1.82, 2.24) is 15.2 Å². The van der Waals surface area contributed by atoms with Crippen molar-refractivity contribution < 1.29 is 4.79 Å². The highest BCUT2D eigenvalue weighted by Gasteiger charge is 2.21. The maximum absolute atomic E-state index is 13.0. The molecule has 1 aromatic heterocycles. The Balaban J connectivity index is 1.22. The number of hydrogen-bond acceptors (Lipinski definition) is 5. The van der Waals surface area contributed by atoms with Crippen LogP contribution in [0.2, 0.25) is 0 Å². The van der Waals surface area contributed by atoms with Crippen LogP contribution in [0.1, 0.15) is 49.4 Å². The highest BCUT2D eigenvalue weighted by molar-refractivity contribution is 6.01. The number of likely N-dealkylation sites (tertiary alicyclic amines) is 1. The molecule has 0 bridgehead atoms. The number of carbonyl (C=O) groups is 1. The third-order valence-electron chi connectivity index (χ3n) is 7.82. The standard InChI is InChI=1S/C30H39N5O/c1-24(33-17-7-2-3-8-18-33)13-15-32-30(36)26-12-11-25-14-16-31-29(28(25)23-26)35-21-19-34(20-22-35)27-9-5-4-6-10-27/h4-6,9-12,14,16,23-24H,2-3,7-8,13,15,17-22H2,1H3,(H,32,36)/t24-/m0/s1. The van der Waals surface area contributed by atoms with Gasteiger partial charge >= 0.3 is 0 Å². The van der Waals surface area contributed by atoms with Crippen LogP contribution in [-0.2, 0) is 0 Å². The van der Waals surface area contributed by atoms with Gasteiger partial charge in [0.1, 0.15) is 5.82 Å². The van der Waals surface area contributed by atoms with Gasteiger partial charge in [0.2, 0.25) is 0 Å². The summed E-state index contributed by atoms with van der Waals surface area (Å²) in [6.45, 7) is 9.11. The van der Waals surface area contributed by atoms with Gasteiger partial charge in [0, 0.05) is 61.6 Å². The number of para-hydroxylation sites is 1. The van der Waals surface area contributed by atoms with E-state index in [1.54, 1.807) is 0 Å². The molecule has 190 valence electrons. The number of fused-ring (bicyclic) bond motifs is 1. The normalized spacial score (nSPS) is 18.1. The van der Waals surface area contributed by atoms with E-state index in [0.717, 1.165) is 49.2 Å². The van der Waals surface area contributed by atoms with E-state index in [1.807, 2.05) is 24.4 Å². The first kappa shape index (κ1) is 24.6. The second kappa shape index (κ2) is 11.7. The van der Waals surface area contributed by atoms with Crippen molar-refractivity contribution in [3.8, 4) is 0 Å². The molecule has 5 rings (SSSR count). The molecule has 3 aromatic rings. The molecule has 2 aliphatic heterocycles. The van der Waals surface area contributed by atoms with Gasteiger partial charge in [-0.2, -0.15) is 0 Å². The summed E-state index contributed by atoms with van der Waals surface area (Å²) in [5.74, 6) is 0.980. The van der Waals surface area contributed by atoms with E-state index >= 15 is 0 Å². The fourth-order valence-electron chi connectivity index (χ4n) is 5.58. The molecule has 1 atom stereocenters. The monoisotopic (exact) mass is 485 g/mol. The van der Waals surface area contributed by atoms with Crippen molar-refractivity contribution >= 4 is 28.2 Å². The minimum absolute atomic E-state index is 0.00339. The largest absolute Gasteiger partial charge is 0.368 e. The number of benzene rings is 2.